The summed E-state index contributed by atoms with van der Waals surface area (Å²) in [5.41, 5.74) is 5.22. The molecule has 1 atom stereocenters. The first-order chi connectivity index (χ1) is 8.13. The van der Waals surface area contributed by atoms with E-state index in [0.29, 0.717) is 25.6 Å². The van der Waals surface area contributed by atoms with Crippen molar-refractivity contribution in [3.63, 3.8) is 0 Å². The number of nitrogens with two attached hydrogens (primary N) is 1. The van der Waals surface area contributed by atoms with Crippen LogP contribution in [0.2, 0.25) is 0 Å². The Bertz CT molecular complexity index is 266. The minimum Gasteiger partial charge on any atom is -0.382 e. The molecule has 17 heavy (non-hydrogen) atoms. The molecule has 1 aliphatic rings. The van der Waals surface area contributed by atoms with Crippen molar-refractivity contribution in [3.8, 4) is 0 Å². The highest BCUT2D eigenvalue weighted by atomic mass is 16.5. The molecule has 0 bridgehead atoms. The van der Waals surface area contributed by atoms with E-state index >= 15 is 0 Å². The standard InChI is InChI=1S/C11H20N2O4/c1-16-4-5-17-7-10(14)13-9(11(12)15)6-8-2-3-8/h8-9H,2-7H2,1H3,(H2,12,15)(H,13,14)/t9-/m1/s1. The number of hydrogen-bond donors (Lipinski definition) is 2. The van der Waals surface area contributed by atoms with Gasteiger partial charge < -0.3 is 20.5 Å². The Morgan fingerprint density at radius 2 is 2.12 bits per heavy atom. The Morgan fingerprint density at radius 1 is 1.41 bits per heavy atom. The van der Waals surface area contributed by atoms with Crippen LogP contribution in [-0.2, 0) is 19.1 Å². The van der Waals surface area contributed by atoms with Crippen molar-refractivity contribution >= 4 is 11.8 Å². The molecule has 0 aromatic rings. The van der Waals surface area contributed by atoms with E-state index in [9.17, 15) is 9.59 Å². The molecule has 0 heterocycles. The molecule has 0 spiro atoms. The predicted octanol–water partition coefficient (Wildman–Crippen LogP) is -0.580. The molecule has 98 valence electrons. The van der Waals surface area contributed by atoms with Crippen LogP contribution in [0.3, 0.4) is 0 Å². The largest absolute Gasteiger partial charge is 0.382 e. The molecule has 0 saturated heterocycles. The van der Waals surface area contributed by atoms with Crippen LogP contribution in [0.25, 0.3) is 0 Å². The predicted molar refractivity (Wildman–Crippen MR) is 61.2 cm³/mol. The van der Waals surface area contributed by atoms with Crippen LogP contribution < -0.4 is 11.1 Å². The third kappa shape index (κ3) is 6.23. The van der Waals surface area contributed by atoms with Crippen molar-refractivity contribution in [2.45, 2.75) is 25.3 Å². The third-order valence-corrected chi connectivity index (χ3v) is 2.61. The number of ether oxygens (including phenoxy) is 2. The Morgan fingerprint density at radius 3 is 2.65 bits per heavy atom. The van der Waals surface area contributed by atoms with Crippen LogP contribution >= 0.6 is 0 Å². The summed E-state index contributed by atoms with van der Waals surface area (Å²) in [6.07, 6.45) is 2.87. The topological polar surface area (TPSA) is 90.7 Å². The molecule has 1 fully saturated rings. The van der Waals surface area contributed by atoms with Gasteiger partial charge in [0, 0.05) is 7.11 Å². The van der Waals surface area contributed by atoms with Gasteiger partial charge in [0.25, 0.3) is 0 Å². The zero-order valence-electron chi connectivity index (χ0n) is 10.1. The van der Waals surface area contributed by atoms with E-state index in [1.54, 1.807) is 7.11 Å². The van der Waals surface area contributed by atoms with E-state index in [0.717, 1.165) is 12.8 Å². The molecule has 1 aliphatic carbocycles. The van der Waals surface area contributed by atoms with Gasteiger partial charge in [0.05, 0.1) is 13.2 Å². The molecule has 0 aliphatic heterocycles. The van der Waals surface area contributed by atoms with Gasteiger partial charge in [-0.1, -0.05) is 12.8 Å². The lowest BCUT2D eigenvalue weighted by Gasteiger charge is -2.14. The molecule has 0 radical (unpaired) electrons. The molecule has 0 aromatic carbocycles. The lowest BCUT2D eigenvalue weighted by atomic mass is 10.1. The Labute approximate surface area is 101 Å². The molecular weight excluding hydrogens is 224 g/mol. The van der Waals surface area contributed by atoms with Gasteiger partial charge in [-0.3, -0.25) is 9.59 Å². The molecule has 6 heteroatoms. The summed E-state index contributed by atoms with van der Waals surface area (Å²) in [6, 6.07) is -0.568. The summed E-state index contributed by atoms with van der Waals surface area (Å²) in [5, 5.41) is 2.59. The van der Waals surface area contributed by atoms with Crippen molar-refractivity contribution in [2.24, 2.45) is 11.7 Å². The Hall–Kier alpha value is -1.14. The maximum Gasteiger partial charge on any atom is 0.246 e. The molecule has 1 rings (SSSR count). The lowest BCUT2D eigenvalue weighted by molar-refractivity contribution is -0.130. The second-order valence-electron chi connectivity index (χ2n) is 4.25. The van der Waals surface area contributed by atoms with Gasteiger partial charge in [0.2, 0.25) is 11.8 Å². The van der Waals surface area contributed by atoms with Crippen LogP contribution in [0.4, 0.5) is 0 Å². The number of nitrogens with one attached hydrogen (secondary N) is 1. The van der Waals surface area contributed by atoms with Gasteiger partial charge >= 0.3 is 0 Å². The van der Waals surface area contributed by atoms with Crippen LogP contribution in [0.5, 0.6) is 0 Å². The summed E-state index contributed by atoms with van der Waals surface area (Å²) in [5.74, 6) is -0.269. The number of hydrogen-bond acceptors (Lipinski definition) is 4. The molecular formula is C11H20N2O4. The second-order valence-corrected chi connectivity index (χ2v) is 4.25. The molecule has 0 aromatic heterocycles. The summed E-state index contributed by atoms with van der Waals surface area (Å²) >= 11 is 0. The van der Waals surface area contributed by atoms with E-state index in [1.807, 2.05) is 0 Å². The van der Waals surface area contributed by atoms with Gasteiger partial charge in [0.1, 0.15) is 12.6 Å². The van der Waals surface area contributed by atoms with Gasteiger partial charge in [-0.15, -0.1) is 0 Å². The smallest absolute Gasteiger partial charge is 0.246 e. The van der Waals surface area contributed by atoms with E-state index in [4.69, 9.17) is 15.2 Å². The first-order valence-electron chi connectivity index (χ1n) is 5.79. The highest BCUT2D eigenvalue weighted by Crippen LogP contribution is 2.33. The molecule has 6 nitrogen and oxygen atoms in total. The van der Waals surface area contributed by atoms with E-state index in [1.165, 1.54) is 0 Å². The highest BCUT2D eigenvalue weighted by Gasteiger charge is 2.29. The summed E-state index contributed by atoms with van der Waals surface area (Å²) in [4.78, 5) is 22.6. The van der Waals surface area contributed by atoms with Crippen molar-refractivity contribution in [1.82, 2.24) is 5.32 Å². The number of rotatable bonds is 9. The first kappa shape index (κ1) is 13.9. The quantitative estimate of drug-likeness (QED) is 0.531. The number of methoxy groups -OCH3 is 1. The average Bonchev–Trinajstić information content (AvgIpc) is 3.07. The minimum atomic E-state index is -0.568. The van der Waals surface area contributed by atoms with E-state index < -0.39 is 11.9 Å². The molecule has 2 amide bonds. The Balaban J connectivity index is 2.18. The normalized spacial score (nSPS) is 16.5. The molecule has 1 saturated carbocycles. The number of primary amides is 1. The fourth-order valence-electron chi connectivity index (χ4n) is 1.48. The van der Waals surface area contributed by atoms with Crippen LogP contribution in [-0.4, -0.2) is 44.8 Å². The van der Waals surface area contributed by atoms with Crippen molar-refractivity contribution in [3.05, 3.63) is 0 Å². The van der Waals surface area contributed by atoms with Gasteiger partial charge in [-0.2, -0.15) is 0 Å². The van der Waals surface area contributed by atoms with Crippen LogP contribution in [0.15, 0.2) is 0 Å². The summed E-state index contributed by atoms with van der Waals surface area (Å²) in [6.45, 7) is 0.722. The maximum atomic E-state index is 11.4. The molecule has 0 unspecified atom stereocenters. The van der Waals surface area contributed by atoms with Gasteiger partial charge in [-0.05, 0) is 12.3 Å². The SMILES string of the molecule is COCCOCC(=O)N[C@H](CC1CC1)C(N)=O. The van der Waals surface area contributed by atoms with Crippen molar-refractivity contribution in [1.29, 1.82) is 0 Å². The lowest BCUT2D eigenvalue weighted by Crippen LogP contribution is -2.46. The van der Waals surface area contributed by atoms with E-state index in [2.05, 4.69) is 5.32 Å². The molecule has 3 N–H and O–H groups in total. The minimum absolute atomic E-state index is 0.0716. The van der Waals surface area contributed by atoms with Crippen LogP contribution in [0, 0.1) is 5.92 Å². The fraction of sp³-hybridized carbons (Fsp3) is 0.818. The second kappa shape index (κ2) is 7.24. The number of carbonyl (C=O) groups is 2. The average molecular weight is 244 g/mol. The monoisotopic (exact) mass is 244 g/mol. The van der Waals surface area contributed by atoms with Crippen molar-refractivity contribution in [2.75, 3.05) is 26.9 Å². The zero-order chi connectivity index (χ0) is 12.7. The zero-order valence-corrected chi connectivity index (χ0v) is 10.1. The van der Waals surface area contributed by atoms with Crippen molar-refractivity contribution < 1.29 is 19.1 Å². The fourth-order valence-corrected chi connectivity index (χ4v) is 1.48. The maximum absolute atomic E-state index is 11.4. The van der Waals surface area contributed by atoms with Gasteiger partial charge in [-0.25, -0.2) is 0 Å². The summed E-state index contributed by atoms with van der Waals surface area (Å²) < 4.78 is 9.82. The summed E-state index contributed by atoms with van der Waals surface area (Å²) in [7, 11) is 1.56. The number of carbonyl (C=O) groups excluding carboxylic acids is 2. The van der Waals surface area contributed by atoms with Crippen LogP contribution in [0.1, 0.15) is 19.3 Å². The highest BCUT2D eigenvalue weighted by molar-refractivity contribution is 5.87. The van der Waals surface area contributed by atoms with E-state index in [-0.39, 0.29) is 12.5 Å². The van der Waals surface area contributed by atoms with Gasteiger partial charge in [0.15, 0.2) is 0 Å². The number of amides is 2. The first-order valence-corrected chi connectivity index (χ1v) is 5.79. The third-order valence-electron chi connectivity index (χ3n) is 2.61. The Kier molecular flexibility index (Phi) is 5.93.